The standard InChI is InChI=1S/C21H20F3N3O3S/c22-21(23,24)16-4-1-2-7-19(16)31(29,30)27-12-10-14(11-13-27)17-5-3-6-18(26-17)20(28)25-15-8-9-15/h1-7,10,15H,8-9,11-13H2,(H,25,28). The molecule has 1 N–H and O–H groups in total. The topological polar surface area (TPSA) is 79.4 Å². The van der Waals surface area contributed by atoms with E-state index in [4.69, 9.17) is 0 Å². The second-order valence-corrected chi connectivity index (χ2v) is 9.40. The van der Waals surface area contributed by atoms with Crippen molar-refractivity contribution in [3.05, 3.63) is 65.5 Å². The second kappa shape index (κ2) is 8.08. The summed E-state index contributed by atoms with van der Waals surface area (Å²) in [5, 5.41) is 2.86. The fourth-order valence-electron chi connectivity index (χ4n) is 3.39. The van der Waals surface area contributed by atoms with Crippen LogP contribution in [0.1, 0.15) is 41.0 Å². The molecule has 1 saturated carbocycles. The number of hydrogen-bond donors (Lipinski definition) is 1. The number of nitrogens with one attached hydrogen (secondary N) is 1. The van der Waals surface area contributed by atoms with Crippen molar-refractivity contribution in [1.82, 2.24) is 14.6 Å². The van der Waals surface area contributed by atoms with Gasteiger partial charge in [0.05, 0.1) is 16.2 Å². The van der Waals surface area contributed by atoms with Crippen molar-refractivity contribution in [3.63, 3.8) is 0 Å². The minimum absolute atomic E-state index is 0.0144. The third-order valence-electron chi connectivity index (χ3n) is 5.21. The van der Waals surface area contributed by atoms with Gasteiger partial charge in [-0.25, -0.2) is 13.4 Å². The van der Waals surface area contributed by atoms with Crippen molar-refractivity contribution in [2.45, 2.75) is 36.4 Å². The lowest BCUT2D eigenvalue weighted by atomic mass is 10.1. The van der Waals surface area contributed by atoms with E-state index in [-0.39, 0.29) is 37.2 Å². The van der Waals surface area contributed by atoms with Crippen LogP contribution < -0.4 is 5.32 Å². The first-order valence-corrected chi connectivity index (χ1v) is 11.2. The van der Waals surface area contributed by atoms with Gasteiger partial charge in [-0.2, -0.15) is 17.5 Å². The monoisotopic (exact) mass is 451 g/mol. The number of sulfonamides is 1. The highest BCUT2D eigenvalue weighted by molar-refractivity contribution is 7.89. The van der Waals surface area contributed by atoms with Gasteiger partial charge in [-0.1, -0.05) is 24.3 Å². The number of hydrogen-bond acceptors (Lipinski definition) is 4. The molecule has 4 rings (SSSR count). The fourth-order valence-corrected chi connectivity index (χ4v) is 4.99. The van der Waals surface area contributed by atoms with Crippen LogP contribution in [0.4, 0.5) is 13.2 Å². The van der Waals surface area contributed by atoms with Gasteiger partial charge in [-0.15, -0.1) is 0 Å². The van der Waals surface area contributed by atoms with E-state index in [1.54, 1.807) is 24.3 Å². The zero-order valence-corrected chi connectivity index (χ0v) is 17.2. The molecule has 1 aliphatic carbocycles. The highest BCUT2D eigenvalue weighted by Gasteiger charge is 2.39. The molecule has 2 heterocycles. The van der Waals surface area contributed by atoms with Crippen LogP contribution in [0.2, 0.25) is 0 Å². The average molecular weight is 451 g/mol. The van der Waals surface area contributed by atoms with Gasteiger partial charge in [0.25, 0.3) is 5.91 Å². The zero-order chi connectivity index (χ0) is 22.2. The first-order chi connectivity index (χ1) is 14.7. The van der Waals surface area contributed by atoms with Gasteiger partial charge in [0, 0.05) is 19.1 Å². The summed E-state index contributed by atoms with van der Waals surface area (Å²) in [6.45, 7) is -0.0649. The Morgan fingerprint density at radius 1 is 1.10 bits per heavy atom. The van der Waals surface area contributed by atoms with Crippen LogP contribution in [-0.4, -0.2) is 42.7 Å². The average Bonchev–Trinajstić information content (AvgIpc) is 3.57. The molecule has 1 aromatic heterocycles. The summed E-state index contributed by atoms with van der Waals surface area (Å²) in [5.41, 5.74) is 0.396. The third kappa shape index (κ3) is 4.64. The molecular formula is C21H20F3N3O3S. The molecule has 2 aromatic rings. The first-order valence-electron chi connectivity index (χ1n) is 9.80. The van der Waals surface area contributed by atoms with E-state index < -0.39 is 26.7 Å². The molecule has 6 nitrogen and oxygen atoms in total. The van der Waals surface area contributed by atoms with Crippen molar-refractivity contribution in [2.24, 2.45) is 0 Å². The maximum absolute atomic E-state index is 13.3. The van der Waals surface area contributed by atoms with Crippen molar-refractivity contribution >= 4 is 21.5 Å². The highest BCUT2D eigenvalue weighted by Crippen LogP contribution is 2.36. The van der Waals surface area contributed by atoms with Gasteiger partial charge < -0.3 is 5.32 Å². The van der Waals surface area contributed by atoms with Gasteiger partial charge in [0.15, 0.2) is 0 Å². The summed E-state index contributed by atoms with van der Waals surface area (Å²) in [6.07, 6.45) is -0.959. The molecular weight excluding hydrogens is 431 g/mol. The number of aromatic nitrogens is 1. The molecule has 1 amide bonds. The Morgan fingerprint density at radius 3 is 2.48 bits per heavy atom. The van der Waals surface area contributed by atoms with Crippen LogP contribution in [0.3, 0.4) is 0 Å². The minimum Gasteiger partial charge on any atom is -0.348 e. The van der Waals surface area contributed by atoms with Crippen molar-refractivity contribution in [2.75, 3.05) is 13.1 Å². The Balaban J connectivity index is 1.54. The number of alkyl halides is 3. The molecule has 164 valence electrons. The summed E-state index contributed by atoms with van der Waals surface area (Å²) in [5.74, 6) is -0.256. The fraction of sp³-hybridized carbons (Fsp3) is 0.333. The Kier molecular flexibility index (Phi) is 5.61. The predicted octanol–water partition coefficient (Wildman–Crippen LogP) is 3.47. The van der Waals surface area contributed by atoms with Crippen molar-refractivity contribution < 1.29 is 26.4 Å². The number of benzene rings is 1. The Bertz CT molecular complexity index is 1140. The zero-order valence-electron chi connectivity index (χ0n) is 16.4. The molecule has 2 aliphatic rings. The SMILES string of the molecule is O=C(NC1CC1)c1cccc(C2=CCN(S(=O)(=O)c3ccccc3C(F)(F)F)CC2)n1. The molecule has 1 aliphatic heterocycles. The van der Waals surface area contributed by atoms with Gasteiger partial charge in [-0.3, -0.25) is 4.79 Å². The molecule has 0 spiro atoms. The maximum Gasteiger partial charge on any atom is 0.417 e. The molecule has 0 radical (unpaired) electrons. The molecule has 0 unspecified atom stereocenters. The lowest BCUT2D eigenvalue weighted by Crippen LogP contribution is -2.35. The quantitative estimate of drug-likeness (QED) is 0.755. The van der Waals surface area contributed by atoms with E-state index in [0.29, 0.717) is 5.69 Å². The number of amides is 1. The van der Waals surface area contributed by atoms with Gasteiger partial charge in [-0.05, 0) is 49.1 Å². The Morgan fingerprint density at radius 2 is 1.84 bits per heavy atom. The van der Waals surface area contributed by atoms with E-state index in [1.807, 2.05) is 0 Å². The molecule has 0 saturated heterocycles. The van der Waals surface area contributed by atoms with Gasteiger partial charge >= 0.3 is 6.18 Å². The summed E-state index contributed by atoms with van der Waals surface area (Å²) >= 11 is 0. The number of carbonyl (C=O) groups is 1. The lowest BCUT2D eigenvalue weighted by molar-refractivity contribution is -0.139. The molecule has 1 aromatic carbocycles. The Labute approximate surface area is 177 Å². The van der Waals surface area contributed by atoms with E-state index in [2.05, 4.69) is 10.3 Å². The van der Waals surface area contributed by atoms with E-state index in [1.165, 1.54) is 6.07 Å². The van der Waals surface area contributed by atoms with Crippen LogP contribution in [0, 0.1) is 0 Å². The molecule has 0 bridgehead atoms. The number of rotatable bonds is 5. The first kappa shape index (κ1) is 21.5. The van der Waals surface area contributed by atoms with Gasteiger partial charge in [0.1, 0.15) is 5.69 Å². The van der Waals surface area contributed by atoms with E-state index in [0.717, 1.165) is 40.9 Å². The lowest BCUT2D eigenvalue weighted by Gasteiger charge is -2.27. The number of nitrogens with zero attached hydrogens (tertiary/aromatic N) is 2. The summed E-state index contributed by atoms with van der Waals surface area (Å²) in [4.78, 5) is 15.8. The molecule has 31 heavy (non-hydrogen) atoms. The summed E-state index contributed by atoms with van der Waals surface area (Å²) in [6, 6.07) is 9.40. The van der Waals surface area contributed by atoms with E-state index in [9.17, 15) is 26.4 Å². The molecule has 10 heteroatoms. The predicted molar refractivity (Wildman–Crippen MR) is 108 cm³/mol. The Hall–Kier alpha value is -2.72. The maximum atomic E-state index is 13.3. The van der Waals surface area contributed by atoms with Crippen LogP contribution in [0.25, 0.3) is 5.57 Å². The third-order valence-corrected chi connectivity index (χ3v) is 7.13. The largest absolute Gasteiger partial charge is 0.417 e. The van der Waals surface area contributed by atoms with Crippen LogP contribution in [0.5, 0.6) is 0 Å². The number of pyridine rings is 1. The van der Waals surface area contributed by atoms with Gasteiger partial charge in [0.2, 0.25) is 10.0 Å². The number of halogens is 3. The minimum atomic E-state index is -4.77. The van der Waals surface area contributed by atoms with Crippen LogP contribution in [0.15, 0.2) is 53.4 Å². The summed E-state index contributed by atoms with van der Waals surface area (Å²) in [7, 11) is -4.33. The normalized spacial score (nSPS) is 17.8. The van der Waals surface area contributed by atoms with Crippen LogP contribution in [-0.2, 0) is 16.2 Å². The van der Waals surface area contributed by atoms with Crippen molar-refractivity contribution in [1.29, 1.82) is 0 Å². The smallest absolute Gasteiger partial charge is 0.348 e. The highest BCUT2D eigenvalue weighted by atomic mass is 32.2. The summed E-state index contributed by atoms with van der Waals surface area (Å²) < 4.78 is 66.6. The number of carbonyl (C=O) groups excluding carboxylic acids is 1. The second-order valence-electron chi connectivity index (χ2n) is 7.49. The van der Waals surface area contributed by atoms with E-state index >= 15 is 0 Å². The van der Waals surface area contributed by atoms with Crippen molar-refractivity contribution in [3.8, 4) is 0 Å². The van der Waals surface area contributed by atoms with Crippen LogP contribution >= 0.6 is 0 Å². The molecule has 0 atom stereocenters. The molecule has 1 fully saturated rings.